The van der Waals surface area contributed by atoms with E-state index in [2.05, 4.69) is 10.4 Å². The molecular weight excluding hydrogens is 298 g/mol. The number of hydrogen-bond acceptors (Lipinski definition) is 4. The lowest BCUT2D eigenvalue weighted by Gasteiger charge is -2.29. The summed E-state index contributed by atoms with van der Waals surface area (Å²) in [6.07, 6.45) is 3.65. The number of nitrogens with zero attached hydrogens (tertiary/aromatic N) is 3. The first-order valence-corrected chi connectivity index (χ1v) is 8.83. The van der Waals surface area contributed by atoms with Gasteiger partial charge in [-0.3, -0.25) is 0 Å². The highest BCUT2D eigenvalue weighted by Crippen LogP contribution is 2.49. The number of likely N-dealkylation sites (tertiary alicyclic amines) is 1. The zero-order valence-corrected chi connectivity index (χ0v) is 14.5. The Balaban J connectivity index is 1.59. The van der Waals surface area contributed by atoms with E-state index in [1.807, 2.05) is 25.9 Å². The van der Waals surface area contributed by atoms with Gasteiger partial charge in [0, 0.05) is 38.0 Å². The average molecular weight is 323 g/mol. The van der Waals surface area contributed by atoms with E-state index in [-0.39, 0.29) is 11.4 Å². The largest absolute Gasteiger partial charge is 0.374 e. The van der Waals surface area contributed by atoms with E-state index >= 15 is 0 Å². The molecule has 0 radical (unpaired) electrons. The summed E-state index contributed by atoms with van der Waals surface area (Å²) in [5.74, 6) is 0.591. The zero-order chi connectivity index (χ0) is 15.7. The van der Waals surface area contributed by atoms with Crippen LogP contribution in [0.1, 0.15) is 30.0 Å². The van der Waals surface area contributed by atoms with E-state index in [4.69, 9.17) is 4.74 Å². The van der Waals surface area contributed by atoms with E-state index in [1.165, 1.54) is 19.3 Å². The summed E-state index contributed by atoms with van der Waals surface area (Å²) in [5, 5.41) is 3.15. The molecule has 0 unspecified atom stereocenters. The van der Waals surface area contributed by atoms with Gasteiger partial charge in [0.05, 0.1) is 23.9 Å². The van der Waals surface area contributed by atoms with Crippen molar-refractivity contribution < 1.29 is 9.53 Å². The van der Waals surface area contributed by atoms with E-state index in [0.29, 0.717) is 12.5 Å². The van der Waals surface area contributed by atoms with Crippen LogP contribution in [-0.2, 0) is 11.3 Å². The average Bonchev–Trinajstić information content (AvgIpc) is 3.12. The standard InChI is InChI=1S/C16H25N3O2S/c1-12-17-14(9-22-12)8-21-11-16-6-4-5-13(16)7-19(10-16)15(20)18(2)3/h9,13H,4-8,10-11H2,1-3H3/t13-,16-/m1/s1. The topological polar surface area (TPSA) is 45.7 Å². The molecule has 3 rings (SSSR count). The van der Waals surface area contributed by atoms with Crippen LogP contribution < -0.4 is 0 Å². The molecule has 0 N–H and O–H groups in total. The third-order valence-electron chi connectivity index (χ3n) is 5.00. The molecule has 0 spiro atoms. The van der Waals surface area contributed by atoms with Crippen molar-refractivity contribution in [1.82, 2.24) is 14.8 Å². The van der Waals surface area contributed by atoms with Crippen molar-refractivity contribution in [3.05, 3.63) is 16.1 Å². The fraction of sp³-hybridized carbons (Fsp3) is 0.750. The van der Waals surface area contributed by atoms with Crippen LogP contribution in [0.3, 0.4) is 0 Å². The lowest BCUT2D eigenvalue weighted by Crippen LogP contribution is -2.40. The Morgan fingerprint density at radius 1 is 1.59 bits per heavy atom. The van der Waals surface area contributed by atoms with Crippen LogP contribution in [0, 0.1) is 18.3 Å². The monoisotopic (exact) mass is 323 g/mol. The maximum atomic E-state index is 12.2. The highest BCUT2D eigenvalue weighted by molar-refractivity contribution is 7.09. The smallest absolute Gasteiger partial charge is 0.319 e. The van der Waals surface area contributed by atoms with Crippen molar-refractivity contribution in [3.8, 4) is 0 Å². The first-order valence-electron chi connectivity index (χ1n) is 7.95. The number of thiazole rings is 1. The number of carbonyl (C=O) groups is 1. The van der Waals surface area contributed by atoms with Gasteiger partial charge in [-0.05, 0) is 25.7 Å². The summed E-state index contributed by atoms with van der Waals surface area (Å²) in [6, 6.07) is 0.129. The van der Waals surface area contributed by atoms with Gasteiger partial charge < -0.3 is 14.5 Å². The van der Waals surface area contributed by atoms with Gasteiger partial charge in [0.1, 0.15) is 0 Å². The fourth-order valence-corrected chi connectivity index (χ4v) is 4.51. The van der Waals surface area contributed by atoms with Gasteiger partial charge in [0.2, 0.25) is 0 Å². The molecule has 2 aliphatic rings. The van der Waals surface area contributed by atoms with Crippen LogP contribution in [0.4, 0.5) is 4.79 Å². The first-order chi connectivity index (χ1) is 10.5. The third-order valence-corrected chi connectivity index (χ3v) is 5.82. The van der Waals surface area contributed by atoms with Gasteiger partial charge in [0.25, 0.3) is 0 Å². The molecule has 5 nitrogen and oxygen atoms in total. The molecule has 2 heterocycles. The van der Waals surface area contributed by atoms with Crippen LogP contribution in [0.2, 0.25) is 0 Å². The summed E-state index contributed by atoms with van der Waals surface area (Å²) < 4.78 is 6.00. The van der Waals surface area contributed by atoms with Crippen molar-refractivity contribution in [2.45, 2.75) is 32.8 Å². The number of ether oxygens (including phenoxy) is 1. The summed E-state index contributed by atoms with van der Waals surface area (Å²) in [6.45, 7) is 5.06. The van der Waals surface area contributed by atoms with Crippen molar-refractivity contribution in [2.75, 3.05) is 33.8 Å². The highest BCUT2D eigenvalue weighted by atomic mass is 32.1. The quantitative estimate of drug-likeness (QED) is 0.856. The second kappa shape index (κ2) is 6.16. The predicted octanol–water partition coefficient (Wildman–Crippen LogP) is 2.75. The molecule has 1 saturated carbocycles. The number of hydrogen-bond donors (Lipinski definition) is 0. The second-order valence-electron chi connectivity index (χ2n) is 6.86. The molecule has 2 fully saturated rings. The normalized spacial score (nSPS) is 27.2. The molecule has 1 aromatic rings. The number of carbonyl (C=O) groups excluding carboxylic acids is 1. The van der Waals surface area contributed by atoms with E-state index in [1.54, 1.807) is 16.2 Å². The molecule has 1 aliphatic heterocycles. The van der Waals surface area contributed by atoms with Crippen LogP contribution in [0.5, 0.6) is 0 Å². The van der Waals surface area contributed by atoms with Crippen LogP contribution in [0.15, 0.2) is 5.38 Å². The van der Waals surface area contributed by atoms with Crippen LogP contribution >= 0.6 is 11.3 Å². The van der Waals surface area contributed by atoms with Crippen molar-refractivity contribution in [1.29, 1.82) is 0 Å². The molecule has 1 aliphatic carbocycles. The third kappa shape index (κ3) is 2.99. The number of rotatable bonds is 4. The van der Waals surface area contributed by atoms with E-state index < -0.39 is 0 Å². The Bertz CT molecular complexity index is 545. The maximum absolute atomic E-state index is 12.2. The number of urea groups is 1. The number of amides is 2. The van der Waals surface area contributed by atoms with Gasteiger partial charge in [-0.2, -0.15) is 0 Å². The number of fused-ring (bicyclic) bond motifs is 1. The van der Waals surface area contributed by atoms with Gasteiger partial charge >= 0.3 is 6.03 Å². The Kier molecular flexibility index (Phi) is 4.41. The van der Waals surface area contributed by atoms with Crippen molar-refractivity contribution in [2.24, 2.45) is 11.3 Å². The van der Waals surface area contributed by atoms with Gasteiger partial charge in [-0.15, -0.1) is 11.3 Å². The minimum Gasteiger partial charge on any atom is -0.374 e. The number of aryl methyl sites for hydroxylation is 1. The summed E-state index contributed by atoms with van der Waals surface area (Å²) in [4.78, 5) is 20.3. The lowest BCUT2D eigenvalue weighted by atomic mass is 9.82. The summed E-state index contributed by atoms with van der Waals surface area (Å²) in [7, 11) is 3.65. The predicted molar refractivity (Wildman–Crippen MR) is 86.9 cm³/mol. The summed E-state index contributed by atoms with van der Waals surface area (Å²) in [5.41, 5.74) is 1.18. The second-order valence-corrected chi connectivity index (χ2v) is 7.92. The van der Waals surface area contributed by atoms with Crippen molar-refractivity contribution in [3.63, 3.8) is 0 Å². The Hall–Kier alpha value is -1.14. The Morgan fingerprint density at radius 2 is 2.41 bits per heavy atom. The highest BCUT2D eigenvalue weighted by Gasteiger charge is 2.50. The minimum atomic E-state index is 0.129. The van der Waals surface area contributed by atoms with Gasteiger partial charge in [0.15, 0.2) is 0 Å². The van der Waals surface area contributed by atoms with Gasteiger partial charge in [-0.1, -0.05) is 6.42 Å². The van der Waals surface area contributed by atoms with E-state index in [9.17, 15) is 4.79 Å². The zero-order valence-electron chi connectivity index (χ0n) is 13.7. The molecule has 0 aromatic carbocycles. The first kappa shape index (κ1) is 15.7. The molecular formula is C16H25N3O2S. The Morgan fingerprint density at radius 3 is 3.09 bits per heavy atom. The van der Waals surface area contributed by atoms with E-state index in [0.717, 1.165) is 30.4 Å². The van der Waals surface area contributed by atoms with Crippen LogP contribution in [-0.4, -0.2) is 54.6 Å². The molecule has 1 aromatic heterocycles. The summed E-state index contributed by atoms with van der Waals surface area (Å²) >= 11 is 1.66. The fourth-order valence-electron chi connectivity index (χ4n) is 3.91. The van der Waals surface area contributed by atoms with Crippen LogP contribution in [0.25, 0.3) is 0 Å². The molecule has 2 atom stereocenters. The minimum absolute atomic E-state index is 0.129. The molecule has 2 amide bonds. The molecule has 22 heavy (non-hydrogen) atoms. The maximum Gasteiger partial charge on any atom is 0.319 e. The lowest BCUT2D eigenvalue weighted by molar-refractivity contribution is 0.0265. The SMILES string of the molecule is Cc1nc(COC[C@]23CCC[C@@H]2CN(C(=O)N(C)C)C3)cs1. The molecule has 122 valence electrons. The molecule has 1 saturated heterocycles. The number of aromatic nitrogens is 1. The molecule has 6 heteroatoms. The molecule has 0 bridgehead atoms. The van der Waals surface area contributed by atoms with Crippen molar-refractivity contribution >= 4 is 17.4 Å². The Labute approximate surface area is 136 Å². The van der Waals surface area contributed by atoms with Gasteiger partial charge in [-0.25, -0.2) is 9.78 Å².